The highest BCUT2D eigenvalue weighted by molar-refractivity contribution is 7.89. The third-order valence-corrected chi connectivity index (χ3v) is 5.21. The van der Waals surface area contributed by atoms with Gasteiger partial charge in [-0.25, -0.2) is 12.7 Å². The van der Waals surface area contributed by atoms with Crippen molar-refractivity contribution in [2.75, 3.05) is 13.6 Å². The summed E-state index contributed by atoms with van der Waals surface area (Å²) in [4.78, 5) is 0.309. The standard InChI is InChI=1S/C15H19NO3S/c1-12(17)10-11-16(2)20(18,19)15-9-5-7-13-6-3-4-8-14(13)15/h3-9,12,17H,10-11H2,1-2H3. The average molecular weight is 293 g/mol. The lowest BCUT2D eigenvalue weighted by Crippen LogP contribution is -2.29. The average Bonchev–Trinajstić information content (AvgIpc) is 2.43. The Hall–Kier alpha value is -1.43. The lowest BCUT2D eigenvalue weighted by molar-refractivity contribution is 0.177. The van der Waals surface area contributed by atoms with Crippen LogP contribution < -0.4 is 0 Å². The Balaban J connectivity index is 2.41. The molecule has 0 bridgehead atoms. The van der Waals surface area contributed by atoms with Crippen LogP contribution in [-0.2, 0) is 10.0 Å². The van der Waals surface area contributed by atoms with Gasteiger partial charge in [-0.3, -0.25) is 0 Å². The maximum absolute atomic E-state index is 12.6. The topological polar surface area (TPSA) is 57.6 Å². The van der Waals surface area contributed by atoms with Gasteiger partial charge in [-0.1, -0.05) is 36.4 Å². The summed E-state index contributed by atoms with van der Waals surface area (Å²) in [6.45, 7) is 1.95. The summed E-state index contributed by atoms with van der Waals surface area (Å²) in [6, 6.07) is 12.7. The summed E-state index contributed by atoms with van der Waals surface area (Å²) in [6.07, 6.45) is -0.0966. The van der Waals surface area contributed by atoms with Crippen molar-refractivity contribution in [3.63, 3.8) is 0 Å². The van der Waals surface area contributed by atoms with E-state index in [9.17, 15) is 13.5 Å². The van der Waals surface area contributed by atoms with Crippen LogP contribution in [0.1, 0.15) is 13.3 Å². The number of hydrogen-bond donors (Lipinski definition) is 1. The molecule has 0 aliphatic carbocycles. The Labute approximate surface area is 119 Å². The molecule has 0 spiro atoms. The molecule has 2 aromatic rings. The van der Waals surface area contributed by atoms with Gasteiger partial charge in [-0.15, -0.1) is 0 Å². The molecule has 2 rings (SSSR count). The van der Waals surface area contributed by atoms with Gasteiger partial charge in [0.05, 0.1) is 11.0 Å². The van der Waals surface area contributed by atoms with Crippen molar-refractivity contribution in [3.8, 4) is 0 Å². The normalized spacial score (nSPS) is 13.8. The molecule has 0 amide bonds. The molecule has 1 unspecified atom stereocenters. The van der Waals surface area contributed by atoms with Crippen LogP contribution in [0.25, 0.3) is 10.8 Å². The highest BCUT2D eigenvalue weighted by Gasteiger charge is 2.22. The minimum atomic E-state index is -3.54. The SMILES string of the molecule is CC(O)CCN(C)S(=O)(=O)c1cccc2ccccc12. The van der Waals surface area contributed by atoms with Gasteiger partial charge in [0.1, 0.15) is 0 Å². The first kappa shape index (κ1) is 15.0. The second-order valence-electron chi connectivity index (χ2n) is 4.94. The fourth-order valence-electron chi connectivity index (χ4n) is 2.08. The Morgan fingerprint density at radius 2 is 1.80 bits per heavy atom. The molecule has 0 fully saturated rings. The molecule has 4 nitrogen and oxygen atoms in total. The van der Waals surface area contributed by atoms with Crippen LogP contribution >= 0.6 is 0 Å². The molecule has 0 aliphatic heterocycles. The minimum Gasteiger partial charge on any atom is -0.393 e. The molecule has 0 saturated heterocycles. The first-order valence-corrected chi connectivity index (χ1v) is 7.99. The van der Waals surface area contributed by atoms with Crippen molar-refractivity contribution < 1.29 is 13.5 Å². The second-order valence-corrected chi connectivity index (χ2v) is 6.95. The van der Waals surface area contributed by atoms with Gasteiger partial charge in [0.2, 0.25) is 10.0 Å². The third-order valence-electron chi connectivity index (χ3n) is 3.30. The molecule has 0 radical (unpaired) electrons. The first-order valence-electron chi connectivity index (χ1n) is 6.55. The van der Waals surface area contributed by atoms with Crippen molar-refractivity contribution in [2.45, 2.75) is 24.3 Å². The summed E-state index contributed by atoms with van der Waals surface area (Å²) >= 11 is 0. The molecule has 5 heteroatoms. The second kappa shape index (κ2) is 5.91. The fourth-order valence-corrected chi connectivity index (χ4v) is 3.47. The van der Waals surface area contributed by atoms with E-state index in [1.807, 2.05) is 30.3 Å². The van der Waals surface area contributed by atoms with Crippen LogP contribution in [0.5, 0.6) is 0 Å². The quantitative estimate of drug-likeness (QED) is 0.919. The Morgan fingerprint density at radius 3 is 2.50 bits per heavy atom. The zero-order valence-corrected chi connectivity index (χ0v) is 12.5. The highest BCUT2D eigenvalue weighted by atomic mass is 32.2. The van der Waals surface area contributed by atoms with Crippen LogP contribution in [-0.4, -0.2) is 37.5 Å². The van der Waals surface area contributed by atoms with Crippen molar-refractivity contribution in [1.29, 1.82) is 0 Å². The molecule has 20 heavy (non-hydrogen) atoms. The number of aliphatic hydroxyl groups is 1. The minimum absolute atomic E-state index is 0.295. The third kappa shape index (κ3) is 3.00. The van der Waals surface area contributed by atoms with E-state index in [0.717, 1.165) is 10.8 Å². The van der Waals surface area contributed by atoms with Gasteiger partial charge in [-0.05, 0) is 24.8 Å². The number of sulfonamides is 1. The lowest BCUT2D eigenvalue weighted by atomic mass is 10.1. The van der Waals surface area contributed by atoms with E-state index in [2.05, 4.69) is 0 Å². The van der Waals surface area contributed by atoms with Crippen molar-refractivity contribution in [3.05, 3.63) is 42.5 Å². The van der Waals surface area contributed by atoms with Crippen molar-refractivity contribution in [2.24, 2.45) is 0 Å². The molecular formula is C15H19NO3S. The maximum atomic E-state index is 12.6. The molecule has 2 aromatic carbocycles. The van der Waals surface area contributed by atoms with Gasteiger partial charge in [0.25, 0.3) is 0 Å². The summed E-state index contributed by atoms with van der Waals surface area (Å²) in [7, 11) is -2.00. The number of fused-ring (bicyclic) bond motifs is 1. The highest BCUT2D eigenvalue weighted by Crippen LogP contribution is 2.25. The van der Waals surface area contributed by atoms with Gasteiger partial charge in [0.15, 0.2) is 0 Å². The van der Waals surface area contributed by atoms with Crippen LogP contribution in [0.2, 0.25) is 0 Å². The number of nitrogens with zero attached hydrogens (tertiary/aromatic N) is 1. The molecule has 0 aromatic heterocycles. The van der Waals surface area contributed by atoms with E-state index < -0.39 is 16.1 Å². The number of rotatable bonds is 5. The van der Waals surface area contributed by atoms with E-state index in [4.69, 9.17) is 0 Å². The lowest BCUT2D eigenvalue weighted by Gasteiger charge is -2.19. The molecule has 0 saturated carbocycles. The van der Waals surface area contributed by atoms with Gasteiger partial charge < -0.3 is 5.11 Å². The predicted octanol–water partition coefficient (Wildman–Crippen LogP) is 2.23. The monoisotopic (exact) mass is 293 g/mol. The Kier molecular flexibility index (Phi) is 4.42. The molecular weight excluding hydrogens is 274 g/mol. The molecule has 0 heterocycles. The largest absolute Gasteiger partial charge is 0.393 e. The molecule has 0 aliphatic rings. The zero-order valence-electron chi connectivity index (χ0n) is 11.7. The number of hydrogen-bond acceptors (Lipinski definition) is 3. The van der Waals surface area contributed by atoms with Crippen LogP contribution in [0, 0.1) is 0 Å². The van der Waals surface area contributed by atoms with E-state index in [-0.39, 0.29) is 0 Å². The van der Waals surface area contributed by atoms with Gasteiger partial charge >= 0.3 is 0 Å². The van der Waals surface area contributed by atoms with E-state index in [1.165, 1.54) is 4.31 Å². The molecule has 108 valence electrons. The van der Waals surface area contributed by atoms with Crippen molar-refractivity contribution in [1.82, 2.24) is 4.31 Å². The Morgan fingerprint density at radius 1 is 1.15 bits per heavy atom. The zero-order chi connectivity index (χ0) is 14.8. The first-order chi connectivity index (χ1) is 9.43. The summed E-state index contributed by atoms with van der Waals surface area (Å²) < 4.78 is 26.5. The van der Waals surface area contributed by atoms with E-state index in [0.29, 0.717) is 17.9 Å². The summed E-state index contributed by atoms with van der Waals surface area (Å²) in [5.74, 6) is 0. The van der Waals surface area contributed by atoms with E-state index >= 15 is 0 Å². The van der Waals surface area contributed by atoms with Crippen LogP contribution in [0.15, 0.2) is 47.4 Å². The predicted molar refractivity (Wildman–Crippen MR) is 80.1 cm³/mol. The summed E-state index contributed by atoms with van der Waals surface area (Å²) in [5, 5.41) is 10.9. The number of benzene rings is 2. The van der Waals surface area contributed by atoms with Gasteiger partial charge in [-0.2, -0.15) is 0 Å². The van der Waals surface area contributed by atoms with Gasteiger partial charge in [0, 0.05) is 19.0 Å². The molecule has 1 N–H and O–H groups in total. The van der Waals surface area contributed by atoms with Crippen LogP contribution in [0.3, 0.4) is 0 Å². The molecule has 1 atom stereocenters. The summed E-state index contributed by atoms with van der Waals surface area (Å²) in [5.41, 5.74) is 0. The fraction of sp³-hybridized carbons (Fsp3) is 0.333. The maximum Gasteiger partial charge on any atom is 0.243 e. The van der Waals surface area contributed by atoms with E-state index in [1.54, 1.807) is 26.1 Å². The Bertz CT molecular complexity index is 690. The smallest absolute Gasteiger partial charge is 0.243 e. The van der Waals surface area contributed by atoms with Crippen molar-refractivity contribution >= 4 is 20.8 Å². The van der Waals surface area contributed by atoms with Crippen LogP contribution in [0.4, 0.5) is 0 Å². The number of aliphatic hydroxyl groups excluding tert-OH is 1.